The maximum Gasteiger partial charge on any atom is 0.123 e. The van der Waals surface area contributed by atoms with E-state index in [0.717, 1.165) is 49.5 Å². The molecule has 0 saturated carbocycles. The SMILES string of the molecule is COc1ccc(OC)c(CN2CCC[C@H](O)C2)c1. The topological polar surface area (TPSA) is 41.9 Å². The molecule has 1 aliphatic heterocycles. The summed E-state index contributed by atoms with van der Waals surface area (Å²) in [6.07, 6.45) is 1.76. The van der Waals surface area contributed by atoms with E-state index in [0.29, 0.717) is 0 Å². The van der Waals surface area contributed by atoms with Gasteiger partial charge < -0.3 is 14.6 Å². The van der Waals surface area contributed by atoms with E-state index in [1.54, 1.807) is 14.2 Å². The molecule has 0 spiro atoms. The van der Waals surface area contributed by atoms with Gasteiger partial charge in [0.25, 0.3) is 0 Å². The van der Waals surface area contributed by atoms with Gasteiger partial charge in [-0.15, -0.1) is 0 Å². The highest BCUT2D eigenvalue weighted by Gasteiger charge is 2.19. The van der Waals surface area contributed by atoms with E-state index < -0.39 is 0 Å². The van der Waals surface area contributed by atoms with Gasteiger partial charge in [0, 0.05) is 18.7 Å². The maximum atomic E-state index is 9.69. The summed E-state index contributed by atoms with van der Waals surface area (Å²) in [6.45, 7) is 2.55. The molecule has 18 heavy (non-hydrogen) atoms. The smallest absolute Gasteiger partial charge is 0.123 e. The van der Waals surface area contributed by atoms with Crippen molar-refractivity contribution in [2.75, 3.05) is 27.3 Å². The Bertz CT molecular complexity index is 395. The fraction of sp³-hybridized carbons (Fsp3) is 0.571. The van der Waals surface area contributed by atoms with Gasteiger partial charge >= 0.3 is 0 Å². The molecule has 1 saturated heterocycles. The predicted octanol–water partition coefficient (Wildman–Crippen LogP) is 1.66. The average Bonchev–Trinajstić information content (AvgIpc) is 2.38. The molecule has 4 heteroatoms. The van der Waals surface area contributed by atoms with Gasteiger partial charge in [-0.05, 0) is 37.6 Å². The molecule has 2 rings (SSSR count). The molecule has 0 aliphatic carbocycles. The van der Waals surface area contributed by atoms with Crippen molar-refractivity contribution in [1.82, 2.24) is 4.90 Å². The molecule has 100 valence electrons. The summed E-state index contributed by atoms with van der Waals surface area (Å²) in [5.74, 6) is 1.71. The number of hydrogen-bond donors (Lipinski definition) is 1. The van der Waals surface area contributed by atoms with Gasteiger partial charge in [-0.1, -0.05) is 0 Å². The zero-order valence-corrected chi connectivity index (χ0v) is 11.1. The van der Waals surface area contributed by atoms with Gasteiger partial charge in [0.05, 0.1) is 20.3 Å². The molecule has 1 aromatic carbocycles. The first-order chi connectivity index (χ1) is 8.72. The van der Waals surface area contributed by atoms with Crippen LogP contribution in [-0.4, -0.2) is 43.4 Å². The van der Waals surface area contributed by atoms with Crippen LogP contribution in [0.25, 0.3) is 0 Å². The standard InChI is InChI=1S/C14H21NO3/c1-17-13-5-6-14(18-2)11(8-13)9-15-7-3-4-12(16)10-15/h5-6,8,12,16H,3-4,7,9-10H2,1-2H3/t12-/m0/s1. The fourth-order valence-electron chi connectivity index (χ4n) is 2.42. The van der Waals surface area contributed by atoms with Crippen LogP contribution in [0.4, 0.5) is 0 Å². The van der Waals surface area contributed by atoms with E-state index in [-0.39, 0.29) is 6.10 Å². The molecule has 0 unspecified atom stereocenters. The van der Waals surface area contributed by atoms with Crippen LogP contribution < -0.4 is 9.47 Å². The Kier molecular flexibility index (Phi) is 4.44. The monoisotopic (exact) mass is 251 g/mol. The van der Waals surface area contributed by atoms with Crippen LogP contribution in [0.5, 0.6) is 11.5 Å². The van der Waals surface area contributed by atoms with Crippen molar-refractivity contribution >= 4 is 0 Å². The van der Waals surface area contributed by atoms with Crippen LogP contribution in [0.1, 0.15) is 18.4 Å². The van der Waals surface area contributed by atoms with Crippen LogP contribution in [0.3, 0.4) is 0 Å². The van der Waals surface area contributed by atoms with E-state index in [2.05, 4.69) is 4.90 Å². The lowest BCUT2D eigenvalue weighted by atomic mass is 10.1. The van der Waals surface area contributed by atoms with Gasteiger partial charge in [0.2, 0.25) is 0 Å². The summed E-state index contributed by atoms with van der Waals surface area (Å²) in [5, 5.41) is 9.69. The quantitative estimate of drug-likeness (QED) is 0.883. The number of β-amino-alcohol motifs (C(OH)–C–C–N with tert-alkyl or cyclic N) is 1. The number of benzene rings is 1. The molecule has 0 aromatic heterocycles. The molecule has 1 atom stereocenters. The zero-order valence-electron chi connectivity index (χ0n) is 11.1. The number of likely N-dealkylation sites (tertiary alicyclic amines) is 1. The number of nitrogens with zero attached hydrogens (tertiary/aromatic N) is 1. The number of rotatable bonds is 4. The Hall–Kier alpha value is -1.26. The highest BCUT2D eigenvalue weighted by atomic mass is 16.5. The van der Waals surface area contributed by atoms with Crippen LogP contribution in [0.15, 0.2) is 18.2 Å². The van der Waals surface area contributed by atoms with E-state index in [1.165, 1.54) is 0 Å². The second-order valence-electron chi connectivity index (χ2n) is 4.71. The molecular formula is C14H21NO3. The molecule has 1 aliphatic rings. The lowest BCUT2D eigenvalue weighted by Gasteiger charge is -2.30. The van der Waals surface area contributed by atoms with Crippen molar-refractivity contribution in [2.45, 2.75) is 25.5 Å². The Morgan fingerprint density at radius 2 is 2.17 bits per heavy atom. The number of methoxy groups -OCH3 is 2. The first-order valence-electron chi connectivity index (χ1n) is 6.34. The average molecular weight is 251 g/mol. The van der Waals surface area contributed by atoms with Crippen molar-refractivity contribution in [3.8, 4) is 11.5 Å². The third-order valence-electron chi connectivity index (χ3n) is 3.36. The van der Waals surface area contributed by atoms with E-state index in [9.17, 15) is 5.11 Å². The maximum absolute atomic E-state index is 9.69. The molecule has 1 fully saturated rings. The molecule has 0 radical (unpaired) electrons. The lowest BCUT2D eigenvalue weighted by Crippen LogP contribution is -2.37. The molecule has 1 N–H and O–H groups in total. The van der Waals surface area contributed by atoms with Crippen molar-refractivity contribution in [3.05, 3.63) is 23.8 Å². The van der Waals surface area contributed by atoms with Gasteiger partial charge in [0.15, 0.2) is 0 Å². The summed E-state index contributed by atoms with van der Waals surface area (Å²) in [7, 11) is 3.34. The lowest BCUT2D eigenvalue weighted by molar-refractivity contribution is 0.0664. The molecule has 0 amide bonds. The number of aliphatic hydroxyl groups excluding tert-OH is 1. The Morgan fingerprint density at radius 3 is 2.83 bits per heavy atom. The molecule has 0 bridgehead atoms. The number of aliphatic hydroxyl groups is 1. The number of piperidine rings is 1. The minimum absolute atomic E-state index is 0.199. The summed E-state index contributed by atoms with van der Waals surface area (Å²) in [6, 6.07) is 5.82. The van der Waals surface area contributed by atoms with Gasteiger partial charge in [-0.2, -0.15) is 0 Å². The van der Waals surface area contributed by atoms with Gasteiger partial charge in [0.1, 0.15) is 11.5 Å². The van der Waals surface area contributed by atoms with Crippen molar-refractivity contribution in [2.24, 2.45) is 0 Å². The summed E-state index contributed by atoms with van der Waals surface area (Å²) < 4.78 is 10.6. The minimum atomic E-state index is -0.199. The third kappa shape index (κ3) is 3.15. The molecule has 1 aromatic rings. The summed E-state index contributed by atoms with van der Waals surface area (Å²) >= 11 is 0. The van der Waals surface area contributed by atoms with Crippen LogP contribution in [0.2, 0.25) is 0 Å². The zero-order chi connectivity index (χ0) is 13.0. The summed E-state index contributed by atoms with van der Waals surface area (Å²) in [5.41, 5.74) is 1.10. The van der Waals surface area contributed by atoms with Gasteiger partial charge in [-0.25, -0.2) is 0 Å². The van der Waals surface area contributed by atoms with Crippen molar-refractivity contribution < 1.29 is 14.6 Å². The summed E-state index contributed by atoms with van der Waals surface area (Å²) in [4.78, 5) is 2.26. The Balaban J connectivity index is 2.11. The largest absolute Gasteiger partial charge is 0.497 e. The second kappa shape index (κ2) is 6.07. The predicted molar refractivity (Wildman–Crippen MR) is 70.1 cm³/mol. The Labute approximate surface area is 108 Å². The van der Waals surface area contributed by atoms with Crippen molar-refractivity contribution in [3.63, 3.8) is 0 Å². The fourth-order valence-corrected chi connectivity index (χ4v) is 2.42. The van der Waals surface area contributed by atoms with Crippen LogP contribution in [-0.2, 0) is 6.54 Å². The highest BCUT2D eigenvalue weighted by molar-refractivity contribution is 5.40. The Morgan fingerprint density at radius 1 is 1.33 bits per heavy atom. The highest BCUT2D eigenvalue weighted by Crippen LogP contribution is 2.26. The molecule has 4 nitrogen and oxygen atoms in total. The number of ether oxygens (including phenoxy) is 2. The van der Waals surface area contributed by atoms with Crippen molar-refractivity contribution in [1.29, 1.82) is 0 Å². The molecular weight excluding hydrogens is 230 g/mol. The first kappa shape index (κ1) is 13.2. The number of hydrogen-bond acceptors (Lipinski definition) is 4. The normalized spacial score (nSPS) is 20.7. The second-order valence-corrected chi connectivity index (χ2v) is 4.71. The van der Waals surface area contributed by atoms with Crippen LogP contribution in [0, 0.1) is 0 Å². The van der Waals surface area contributed by atoms with E-state index in [4.69, 9.17) is 9.47 Å². The molecule has 1 heterocycles. The van der Waals surface area contributed by atoms with Crippen LogP contribution >= 0.6 is 0 Å². The van der Waals surface area contributed by atoms with E-state index in [1.807, 2.05) is 18.2 Å². The minimum Gasteiger partial charge on any atom is -0.497 e. The van der Waals surface area contributed by atoms with E-state index >= 15 is 0 Å². The van der Waals surface area contributed by atoms with Gasteiger partial charge in [-0.3, -0.25) is 4.90 Å². The first-order valence-corrected chi connectivity index (χ1v) is 6.34. The third-order valence-corrected chi connectivity index (χ3v) is 3.36.